The van der Waals surface area contributed by atoms with Gasteiger partial charge in [0.2, 0.25) is 0 Å². The van der Waals surface area contributed by atoms with Crippen molar-refractivity contribution in [1.29, 1.82) is 0 Å². The highest BCUT2D eigenvalue weighted by Gasteiger charge is 2.52. The zero-order valence-electron chi connectivity index (χ0n) is 12.1. The van der Waals surface area contributed by atoms with Gasteiger partial charge >= 0.3 is 0 Å². The predicted molar refractivity (Wildman–Crippen MR) is 71.8 cm³/mol. The van der Waals surface area contributed by atoms with Crippen molar-refractivity contribution in [3.63, 3.8) is 0 Å². The number of aliphatic hydroxyl groups excluding tert-OH is 1. The van der Waals surface area contributed by atoms with Crippen molar-refractivity contribution >= 4 is 12.1 Å². The van der Waals surface area contributed by atoms with Crippen molar-refractivity contribution in [2.75, 3.05) is 0 Å². The van der Waals surface area contributed by atoms with Crippen molar-refractivity contribution in [2.24, 2.45) is 11.8 Å². The molecule has 112 valence electrons. The minimum absolute atomic E-state index is 0.0838. The highest BCUT2D eigenvalue weighted by molar-refractivity contribution is 5.99. The smallest absolute Gasteiger partial charge is 0.198 e. The molecule has 0 spiro atoms. The third kappa shape index (κ3) is 2.52. The van der Waals surface area contributed by atoms with Gasteiger partial charge in [-0.25, -0.2) is 0 Å². The van der Waals surface area contributed by atoms with Crippen molar-refractivity contribution in [3.8, 4) is 0 Å². The summed E-state index contributed by atoms with van der Waals surface area (Å²) in [6.45, 7) is 5.38. The summed E-state index contributed by atoms with van der Waals surface area (Å²) < 4.78 is 5.57. The molecule has 20 heavy (non-hydrogen) atoms. The zero-order chi connectivity index (χ0) is 15.1. The minimum atomic E-state index is -1.24. The molecule has 1 saturated carbocycles. The quantitative estimate of drug-likeness (QED) is 0.751. The van der Waals surface area contributed by atoms with Crippen LogP contribution in [0.15, 0.2) is 11.3 Å². The van der Waals surface area contributed by atoms with Gasteiger partial charge < -0.3 is 14.9 Å². The van der Waals surface area contributed by atoms with Crippen molar-refractivity contribution < 1.29 is 24.5 Å². The summed E-state index contributed by atoms with van der Waals surface area (Å²) in [4.78, 5) is 23.4. The Bertz CT molecular complexity index is 449. The summed E-state index contributed by atoms with van der Waals surface area (Å²) in [5.41, 5.74) is -0.902. The van der Waals surface area contributed by atoms with Crippen LogP contribution in [-0.2, 0) is 14.3 Å². The van der Waals surface area contributed by atoms with Gasteiger partial charge in [-0.05, 0) is 25.7 Å². The fourth-order valence-corrected chi connectivity index (χ4v) is 3.02. The van der Waals surface area contributed by atoms with Gasteiger partial charge in [-0.3, -0.25) is 9.59 Å². The maximum Gasteiger partial charge on any atom is 0.198 e. The molecule has 0 bridgehead atoms. The Morgan fingerprint density at radius 3 is 2.75 bits per heavy atom. The average molecular weight is 282 g/mol. The number of hydrogen-bond donors (Lipinski definition) is 2. The molecule has 0 saturated heterocycles. The molecule has 1 fully saturated rings. The summed E-state index contributed by atoms with van der Waals surface area (Å²) in [6, 6.07) is 0. The van der Waals surface area contributed by atoms with Crippen LogP contribution in [0.4, 0.5) is 0 Å². The van der Waals surface area contributed by atoms with Gasteiger partial charge in [0.05, 0.1) is 5.60 Å². The lowest BCUT2D eigenvalue weighted by atomic mass is 9.74. The lowest BCUT2D eigenvalue weighted by Crippen LogP contribution is -2.53. The number of Topliss-reactive ketones (excluding diaryl/α,β-unsaturated/α-hetero) is 1. The first-order valence-corrected chi connectivity index (χ1v) is 7.07. The van der Waals surface area contributed by atoms with Crippen molar-refractivity contribution in [3.05, 3.63) is 11.3 Å². The second kappa shape index (κ2) is 5.30. The number of hydrogen-bond acceptors (Lipinski definition) is 5. The second-order valence-corrected chi connectivity index (χ2v) is 6.45. The van der Waals surface area contributed by atoms with Gasteiger partial charge in [0.25, 0.3) is 0 Å². The Balaban J connectivity index is 2.26. The van der Waals surface area contributed by atoms with E-state index in [0.717, 1.165) is 0 Å². The predicted octanol–water partition coefficient (Wildman–Crippen LogP) is 0.975. The molecule has 2 aliphatic rings. The van der Waals surface area contributed by atoms with Gasteiger partial charge in [-0.15, -0.1) is 0 Å². The van der Waals surface area contributed by atoms with E-state index in [9.17, 15) is 19.8 Å². The van der Waals surface area contributed by atoms with E-state index in [-0.39, 0.29) is 23.4 Å². The fraction of sp³-hybridized carbons (Fsp3) is 0.733. The molecule has 1 heterocycles. The largest absolute Gasteiger partial charge is 0.483 e. The van der Waals surface area contributed by atoms with Crippen molar-refractivity contribution in [1.82, 2.24) is 0 Å². The maximum atomic E-state index is 12.2. The number of ether oxygens (including phenoxy) is 1. The van der Waals surface area contributed by atoms with E-state index in [1.54, 1.807) is 6.92 Å². The molecule has 5 nitrogen and oxygen atoms in total. The van der Waals surface area contributed by atoms with Crippen LogP contribution in [0.2, 0.25) is 0 Å². The molecule has 0 amide bonds. The standard InChI is InChI=1S/C15H22O5/c1-8(2)6-11(17)12-10(7-16)9-4-5-15(3,19)14(18)13(9)20-12/h7-9,13-14,18-19H,4-6H2,1-3H3. The Hall–Kier alpha value is -1.20. The molecular formula is C15H22O5. The van der Waals surface area contributed by atoms with E-state index in [1.807, 2.05) is 13.8 Å². The number of fused-ring (bicyclic) bond motifs is 1. The van der Waals surface area contributed by atoms with Gasteiger partial charge in [0.15, 0.2) is 11.5 Å². The number of carbonyl (C=O) groups is 2. The molecule has 5 heteroatoms. The molecule has 0 radical (unpaired) electrons. The van der Waals surface area contributed by atoms with Gasteiger partial charge in [-0.2, -0.15) is 0 Å². The van der Waals surface area contributed by atoms with Crippen LogP contribution in [0.5, 0.6) is 0 Å². The molecule has 1 aliphatic carbocycles. The summed E-state index contributed by atoms with van der Waals surface area (Å²) in [6.07, 6.45) is 0.0672. The van der Waals surface area contributed by atoms with Crippen LogP contribution in [0.25, 0.3) is 0 Å². The molecule has 0 aromatic heterocycles. The summed E-state index contributed by atoms with van der Waals surface area (Å²) >= 11 is 0. The lowest BCUT2D eigenvalue weighted by molar-refractivity contribution is -0.155. The van der Waals surface area contributed by atoms with Crippen LogP contribution in [0.3, 0.4) is 0 Å². The third-order valence-corrected chi connectivity index (χ3v) is 4.20. The van der Waals surface area contributed by atoms with Crippen LogP contribution < -0.4 is 0 Å². The number of allylic oxidation sites excluding steroid dienone is 1. The third-order valence-electron chi connectivity index (χ3n) is 4.20. The van der Waals surface area contributed by atoms with E-state index in [1.165, 1.54) is 0 Å². The summed E-state index contributed by atoms with van der Waals surface area (Å²) in [5, 5.41) is 20.3. The monoisotopic (exact) mass is 282 g/mol. The molecule has 4 unspecified atom stereocenters. The lowest BCUT2D eigenvalue weighted by Gasteiger charge is -2.40. The molecule has 0 aromatic rings. The number of ketones is 1. The summed E-state index contributed by atoms with van der Waals surface area (Å²) in [7, 11) is 0. The minimum Gasteiger partial charge on any atom is -0.483 e. The van der Waals surface area contributed by atoms with Crippen LogP contribution >= 0.6 is 0 Å². The Kier molecular flexibility index (Phi) is 4.02. The normalized spacial score (nSPS) is 36.8. The molecule has 0 aromatic carbocycles. The second-order valence-electron chi connectivity index (χ2n) is 6.45. The molecule has 4 atom stereocenters. The van der Waals surface area contributed by atoms with E-state index in [2.05, 4.69) is 0 Å². The van der Waals surface area contributed by atoms with Crippen LogP contribution in [0, 0.1) is 11.8 Å². The van der Waals surface area contributed by atoms with Crippen LogP contribution in [0.1, 0.15) is 40.0 Å². The fourth-order valence-electron chi connectivity index (χ4n) is 3.02. The number of rotatable bonds is 4. The SMILES string of the molecule is CC(C)CC(=O)C1=C(C=O)C2CCC(C)(O)C(O)C2O1. The highest BCUT2D eigenvalue weighted by Crippen LogP contribution is 2.43. The van der Waals surface area contributed by atoms with E-state index < -0.39 is 17.8 Å². The first-order chi connectivity index (χ1) is 9.27. The average Bonchev–Trinajstić information content (AvgIpc) is 2.72. The Morgan fingerprint density at radius 1 is 1.55 bits per heavy atom. The zero-order valence-corrected chi connectivity index (χ0v) is 12.1. The Morgan fingerprint density at radius 2 is 2.20 bits per heavy atom. The van der Waals surface area contributed by atoms with E-state index in [4.69, 9.17) is 4.74 Å². The molecule has 2 N–H and O–H groups in total. The topological polar surface area (TPSA) is 83.8 Å². The van der Waals surface area contributed by atoms with Gasteiger partial charge in [0.1, 0.15) is 18.5 Å². The first kappa shape index (κ1) is 15.2. The molecule has 1 aliphatic heterocycles. The maximum absolute atomic E-state index is 12.2. The number of aldehydes is 1. The Labute approximate surface area is 118 Å². The van der Waals surface area contributed by atoms with E-state index in [0.29, 0.717) is 31.1 Å². The van der Waals surface area contributed by atoms with Crippen molar-refractivity contribution in [2.45, 2.75) is 57.8 Å². The highest BCUT2D eigenvalue weighted by atomic mass is 16.5. The summed E-state index contributed by atoms with van der Waals surface area (Å²) in [5.74, 6) is -0.250. The first-order valence-electron chi connectivity index (χ1n) is 7.07. The number of aliphatic hydroxyl groups is 2. The van der Waals surface area contributed by atoms with Crippen LogP contribution in [-0.4, -0.2) is 40.1 Å². The van der Waals surface area contributed by atoms with Gasteiger partial charge in [0, 0.05) is 17.9 Å². The van der Waals surface area contributed by atoms with E-state index >= 15 is 0 Å². The molecule has 2 rings (SSSR count). The van der Waals surface area contributed by atoms with Gasteiger partial charge in [-0.1, -0.05) is 13.8 Å². The molecular weight excluding hydrogens is 260 g/mol. The number of carbonyl (C=O) groups excluding carboxylic acids is 2.